The van der Waals surface area contributed by atoms with E-state index in [1.165, 1.54) is 0 Å². The number of Topliss-reactive ketones (excluding diaryl/α,β-unsaturated/α-hetero) is 1. The number of rotatable bonds is 4. The minimum absolute atomic E-state index is 0.0307. The van der Waals surface area contributed by atoms with Crippen molar-refractivity contribution in [2.24, 2.45) is 0 Å². The second-order valence-corrected chi connectivity index (χ2v) is 5.93. The molecule has 0 aromatic heterocycles. The molecule has 0 amide bonds. The molecule has 0 bridgehead atoms. The van der Waals surface area contributed by atoms with E-state index in [4.69, 9.17) is 15.2 Å². The fourth-order valence-electron chi connectivity index (χ4n) is 1.67. The molecule has 0 aliphatic carbocycles. The van der Waals surface area contributed by atoms with Gasteiger partial charge in [-0.3, -0.25) is 4.79 Å². The lowest BCUT2D eigenvalue weighted by Gasteiger charge is -2.19. The van der Waals surface area contributed by atoms with Crippen LogP contribution in [0.5, 0.6) is 11.5 Å². The van der Waals surface area contributed by atoms with Gasteiger partial charge in [-0.1, -0.05) is 13.8 Å². The number of nitrogen functional groups attached to an aromatic ring is 1. The van der Waals surface area contributed by atoms with Crippen molar-refractivity contribution in [1.82, 2.24) is 0 Å². The lowest BCUT2D eigenvalue weighted by Crippen LogP contribution is -2.17. The smallest absolute Gasteiger partial charge is 0.174 e. The maximum atomic E-state index is 12.1. The van der Waals surface area contributed by atoms with Gasteiger partial charge in [-0.25, -0.2) is 0 Å². The molecule has 98 valence electrons. The van der Waals surface area contributed by atoms with Gasteiger partial charge in [-0.2, -0.15) is 11.8 Å². The second kappa shape index (κ2) is 5.52. The average molecular weight is 267 g/mol. The molecule has 0 spiro atoms. The molecule has 1 aliphatic rings. The predicted molar refractivity (Wildman–Crippen MR) is 73.8 cm³/mol. The van der Waals surface area contributed by atoms with Crippen LogP contribution < -0.4 is 15.2 Å². The van der Waals surface area contributed by atoms with Gasteiger partial charge in [0.25, 0.3) is 0 Å². The number of thioether (sulfide) groups is 1. The summed E-state index contributed by atoms with van der Waals surface area (Å²) in [6.45, 7) is 5.14. The zero-order chi connectivity index (χ0) is 13.1. The van der Waals surface area contributed by atoms with Gasteiger partial charge in [0.2, 0.25) is 0 Å². The minimum atomic E-state index is 0.0307. The lowest BCUT2D eigenvalue weighted by atomic mass is 10.1. The molecular formula is C13H17NO3S. The number of hydrogen-bond acceptors (Lipinski definition) is 5. The highest BCUT2D eigenvalue weighted by molar-refractivity contribution is 8.00. The number of ketones is 1. The summed E-state index contributed by atoms with van der Waals surface area (Å²) in [6.07, 6.45) is 0. The fraction of sp³-hybridized carbons (Fsp3) is 0.462. The van der Waals surface area contributed by atoms with Crippen LogP contribution in [-0.2, 0) is 0 Å². The molecule has 1 aliphatic heterocycles. The Labute approximate surface area is 111 Å². The van der Waals surface area contributed by atoms with Crippen LogP contribution in [0.2, 0.25) is 0 Å². The molecular weight excluding hydrogens is 250 g/mol. The van der Waals surface area contributed by atoms with Crippen LogP contribution in [-0.4, -0.2) is 30.0 Å². The number of fused-ring (bicyclic) bond motifs is 1. The standard InChI is InChI=1S/C13H17NO3S/c1-8(2)18-7-11(15)9-5-12-13(6-10(9)14)17-4-3-16-12/h5-6,8H,3-4,7,14H2,1-2H3. The molecule has 0 saturated heterocycles. The summed E-state index contributed by atoms with van der Waals surface area (Å²) in [7, 11) is 0. The van der Waals surface area contributed by atoms with Crippen LogP contribution in [0, 0.1) is 0 Å². The number of nitrogens with two attached hydrogens (primary N) is 1. The van der Waals surface area contributed by atoms with E-state index in [1.807, 2.05) is 0 Å². The summed E-state index contributed by atoms with van der Waals surface area (Å²) in [5.74, 6) is 1.69. The van der Waals surface area contributed by atoms with Crippen LogP contribution in [0.15, 0.2) is 12.1 Å². The topological polar surface area (TPSA) is 61.6 Å². The van der Waals surface area contributed by atoms with E-state index in [2.05, 4.69) is 13.8 Å². The van der Waals surface area contributed by atoms with E-state index in [0.29, 0.717) is 47.0 Å². The highest BCUT2D eigenvalue weighted by Crippen LogP contribution is 2.34. The Balaban J connectivity index is 2.19. The van der Waals surface area contributed by atoms with Gasteiger partial charge >= 0.3 is 0 Å². The van der Waals surface area contributed by atoms with E-state index in [-0.39, 0.29) is 5.78 Å². The van der Waals surface area contributed by atoms with E-state index in [1.54, 1.807) is 23.9 Å². The second-order valence-electron chi connectivity index (χ2n) is 4.37. The molecule has 5 heteroatoms. The maximum absolute atomic E-state index is 12.1. The van der Waals surface area contributed by atoms with Crippen LogP contribution >= 0.6 is 11.8 Å². The summed E-state index contributed by atoms with van der Waals surface area (Å²) in [5.41, 5.74) is 6.86. The number of benzene rings is 1. The Morgan fingerprint density at radius 3 is 2.56 bits per heavy atom. The summed E-state index contributed by atoms with van der Waals surface area (Å²) in [6, 6.07) is 3.36. The first-order valence-corrected chi connectivity index (χ1v) is 6.96. The van der Waals surface area contributed by atoms with Crippen molar-refractivity contribution in [1.29, 1.82) is 0 Å². The summed E-state index contributed by atoms with van der Waals surface area (Å²) in [5, 5.41) is 0.424. The molecule has 0 fully saturated rings. The van der Waals surface area contributed by atoms with Crippen molar-refractivity contribution in [2.75, 3.05) is 24.7 Å². The predicted octanol–water partition coefficient (Wildman–Crippen LogP) is 2.36. The third-order valence-corrected chi connectivity index (χ3v) is 3.66. The quantitative estimate of drug-likeness (QED) is 0.670. The zero-order valence-corrected chi connectivity index (χ0v) is 11.4. The van der Waals surface area contributed by atoms with Gasteiger partial charge in [0.05, 0.1) is 5.75 Å². The molecule has 0 unspecified atom stereocenters. The van der Waals surface area contributed by atoms with Gasteiger partial charge < -0.3 is 15.2 Å². The van der Waals surface area contributed by atoms with Crippen molar-refractivity contribution >= 4 is 23.2 Å². The molecule has 1 heterocycles. The van der Waals surface area contributed by atoms with Crippen molar-refractivity contribution in [2.45, 2.75) is 19.1 Å². The van der Waals surface area contributed by atoms with Crippen LogP contribution in [0.4, 0.5) is 5.69 Å². The molecule has 0 saturated carbocycles. The normalized spacial score (nSPS) is 13.7. The first-order valence-electron chi connectivity index (χ1n) is 5.92. The Bertz CT molecular complexity index is 460. The van der Waals surface area contributed by atoms with E-state index < -0.39 is 0 Å². The number of anilines is 1. The largest absolute Gasteiger partial charge is 0.486 e. The van der Waals surface area contributed by atoms with Gasteiger partial charge in [0.1, 0.15) is 13.2 Å². The van der Waals surface area contributed by atoms with Crippen LogP contribution in [0.3, 0.4) is 0 Å². The monoisotopic (exact) mass is 267 g/mol. The van der Waals surface area contributed by atoms with E-state index >= 15 is 0 Å². The van der Waals surface area contributed by atoms with Gasteiger partial charge in [0, 0.05) is 17.3 Å². The number of carbonyl (C=O) groups excluding carboxylic acids is 1. The van der Waals surface area contributed by atoms with Crippen molar-refractivity contribution in [3.8, 4) is 11.5 Å². The van der Waals surface area contributed by atoms with Crippen molar-refractivity contribution in [3.05, 3.63) is 17.7 Å². The maximum Gasteiger partial charge on any atom is 0.174 e. The molecule has 0 atom stereocenters. The van der Waals surface area contributed by atoms with Crippen LogP contribution in [0.25, 0.3) is 0 Å². The molecule has 2 N–H and O–H groups in total. The van der Waals surface area contributed by atoms with Crippen molar-refractivity contribution in [3.63, 3.8) is 0 Å². The van der Waals surface area contributed by atoms with Gasteiger partial charge in [0.15, 0.2) is 17.3 Å². The van der Waals surface area contributed by atoms with Crippen molar-refractivity contribution < 1.29 is 14.3 Å². The molecule has 1 aromatic rings. The Morgan fingerprint density at radius 2 is 1.94 bits per heavy atom. The third kappa shape index (κ3) is 2.90. The first-order chi connectivity index (χ1) is 8.58. The summed E-state index contributed by atoms with van der Waals surface area (Å²) >= 11 is 1.60. The summed E-state index contributed by atoms with van der Waals surface area (Å²) in [4.78, 5) is 12.1. The van der Waals surface area contributed by atoms with Gasteiger partial charge in [-0.05, 0) is 11.3 Å². The molecule has 2 rings (SSSR count). The first kappa shape index (κ1) is 13.1. The Morgan fingerprint density at radius 1 is 1.33 bits per heavy atom. The fourth-order valence-corrected chi connectivity index (χ4v) is 2.31. The molecule has 4 nitrogen and oxygen atoms in total. The minimum Gasteiger partial charge on any atom is -0.486 e. The highest BCUT2D eigenvalue weighted by Gasteiger charge is 2.18. The zero-order valence-electron chi connectivity index (χ0n) is 10.6. The average Bonchev–Trinajstić information content (AvgIpc) is 2.35. The number of ether oxygens (including phenoxy) is 2. The Hall–Kier alpha value is -1.36. The Kier molecular flexibility index (Phi) is 4.01. The summed E-state index contributed by atoms with van der Waals surface area (Å²) < 4.78 is 10.9. The third-order valence-electron chi connectivity index (χ3n) is 2.56. The van der Waals surface area contributed by atoms with Crippen LogP contribution in [0.1, 0.15) is 24.2 Å². The molecule has 18 heavy (non-hydrogen) atoms. The van der Waals surface area contributed by atoms with E-state index in [0.717, 1.165) is 0 Å². The van der Waals surface area contributed by atoms with Gasteiger partial charge in [-0.15, -0.1) is 0 Å². The number of hydrogen-bond donors (Lipinski definition) is 1. The lowest BCUT2D eigenvalue weighted by molar-refractivity contribution is 0.102. The SMILES string of the molecule is CC(C)SCC(=O)c1cc2c(cc1N)OCCO2. The number of carbonyl (C=O) groups is 1. The molecule has 1 aromatic carbocycles. The van der Waals surface area contributed by atoms with E-state index in [9.17, 15) is 4.79 Å². The highest BCUT2D eigenvalue weighted by atomic mass is 32.2. The molecule has 0 radical (unpaired) electrons.